The molecule has 0 fully saturated rings. The number of carbonyl (C=O) groups excluding carboxylic acids is 1. The smallest absolute Gasteiger partial charge is 0.260 e. The van der Waals surface area contributed by atoms with E-state index in [9.17, 15) is 13.6 Å². The minimum absolute atomic E-state index is 0.00607. The summed E-state index contributed by atoms with van der Waals surface area (Å²) in [7, 11) is 0. The van der Waals surface area contributed by atoms with Crippen molar-refractivity contribution < 1.29 is 18.3 Å². The number of amides is 1. The predicted octanol–water partition coefficient (Wildman–Crippen LogP) is 2.62. The van der Waals surface area contributed by atoms with E-state index < -0.39 is 17.7 Å². The van der Waals surface area contributed by atoms with Gasteiger partial charge in [-0.15, -0.1) is 0 Å². The second kappa shape index (κ2) is 7.07. The van der Waals surface area contributed by atoms with Crippen LogP contribution in [0.15, 0.2) is 12.1 Å². The zero-order valence-corrected chi connectivity index (χ0v) is 11.9. The summed E-state index contributed by atoms with van der Waals surface area (Å²) in [5, 5.41) is 2.74. The van der Waals surface area contributed by atoms with Gasteiger partial charge in [0.1, 0.15) is 5.82 Å². The number of rotatable bonds is 6. The topological polar surface area (TPSA) is 64.3 Å². The Bertz CT molecular complexity index is 480. The lowest BCUT2D eigenvalue weighted by Gasteiger charge is -2.18. The van der Waals surface area contributed by atoms with E-state index >= 15 is 0 Å². The van der Waals surface area contributed by atoms with Gasteiger partial charge in [-0.2, -0.15) is 0 Å². The molecule has 0 aromatic heterocycles. The number of hydrogen-bond donors (Lipinski definition) is 2. The number of anilines is 1. The van der Waals surface area contributed by atoms with Crippen LogP contribution < -0.4 is 15.8 Å². The zero-order chi connectivity index (χ0) is 15.3. The van der Waals surface area contributed by atoms with Crippen LogP contribution in [0.5, 0.6) is 5.75 Å². The molecule has 20 heavy (non-hydrogen) atoms. The van der Waals surface area contributed by atoms with Gasteiger partial charge in [-0.3, -0.25) is 4.79 Å². The van der Waals surface area contributed by atoms with E-state index in [2.05, 4.69) is 5.32 Å². The summed E-state index contributed by atoms with van der Waals surface area (Å²) in [6, 6.07) is 1.67. The first kappa shape index (κ1) is 16.2. The van der Waals surface area contributed by atoms with E-state index in [1.54, 1.807) is 0 Å². The summed E-state index contributed by atoms with van der Waals surface area (Å²) in [4.78, 5) is 11.8. The van der Waals surface area contributed by atoms with Crippen LogP contribution in [0.2, 0.25) is 0 Å². The van der Waals surface area contributed by atoms with Crippen LogP contribution in [0.25, 0.3) is 0 Å². The molecule has 0 aliphatic rings. The zero-order valence-electron chi connectivity index (χ0n) is 11.9. The monoisotopic (exact) mass is 286 g/mol. The highest BCUT2D eigenvalue weighted by Crippen LogP contribution is 2.23. The second-order valence-corrected chi connectivity index (χ2v) is 4.76. The van der Waals surface area contributed by atoms with Gasteiger partial charge in [-0.25, -0.2) is 8.78 Å². The molecule has 4 nitrogen and oxygen atoms in total. The molecule has 2 unspecified atom stereocenters. The van der Waals surface area contributed by atoms with Crippen molar-refractivity contribution >= 4 is 11.6 Å². The number of nitrogen functional groups attached to an aromatic ring is 1. The van der Waals surface area contributed by atoms with Gasteiger partial charge in [-0.05, 0) is 20.3 Å². The molecule has 0 spiro atoms. The minimum Gasteiger partial charge on any atom is -0.478 e. The molecule has 0 bridgehead atoms. The maximum Gasteiger partial charge on any atom is 0.260 e. The quantitative estimate of drug-likeness (QED) is 0.790. The van der Waals surface area contributed by atoms with Crippen LogP contribution in [0.1, 0.15) is 33.6 Å². The molecule has 2 atom stereocenters. The van der Waals surface area contributed by atoms with E-state index in [-0.39, 0.29) is 23.4 Å². The maximum absolute atomic E-state index is 13.5. The van der Waals surface area contributed by atoms with Gasteiger partial charge in [0.2, 0.25) is 0 Å². The van der Waals surface area contributed by atoms with Crippen molar-refractivity contribution in [2.45, 2.75) is 45.8 Å². The molecule has 0 aliphatic heterocycles. The molecule has 0 heterocycles. The molecule has 0 aliphatic carbocycles. The lowest BCUT2D eigenvalue weighted by Crippen LogP contribution is -2.41. The predicted molar refractivity (Wildman–Crippen MR) is 73.4 cm³/mol. The van der Waals surface area contributed by atoms with E-state index in [1.165, 1.54) is 6.92 Å². The lowest BCUT2D eigenvalue weighted by atomic mass is 10.2. The number of nitrogens with two attached hydrogens (primary N) is 1. The molecule has 0 saturated heterocycles. The Balaban J connectivity index is 2.68. The fourth-order valence-corrected chi connectivity index (χ4v) is 1.74. The van der Waals surface area contributed by atoms with E-state index in [4.69, 9.17) is 10.5 Å². The summed E-state index contributed by atoms with van der Waals surface area (Å²) in [6.07, 6.45) is 0.851. The molecule has 0 radical (unpaired) electrons. The van der Waals surface area contributed by atoms with Crippen LogP contribution in [-0.4, -0.2) is 18.1 Å². The molecule has 0 saturated carbocycles. The van der Waals surface area contributed by atoms with Crippen molar-refractivity contribution in [3.8, 4) is 5.75 Å². The summed E-state index contributed by atoms with van der Waals surface area (Å²) >= 11 is 0. The number of halogens is 2. The van der Waals surface area contributed by atoms with Gasteiger partial charge in [0.15, 0.2) is 17.7 Å². The standard InChI is InChI=1S/C14H20F2N2O2/c1-4-5-8(2)18-14(19)9(3)20-13-7-10(15)12(17)6-11(13)16/h6-9H,4-5,17H2,1-3H3,(H,18,19). The van der Waals surface area contributed by atoms with Crippen LogP contribution in [0.4, 0.5) is 14.5 Å². The van der Waals surface area contributed by atoms with E-state index in [0.717, 1.165) is 25.0 Å². The van der Waals surface area contributed by atoms with Gasteiger partial charge < -0.3 is 15.8 Å². The van der Waals surface area contributed by atoms with Crippen LogP contribution in [0, 0.1) is 11.6 Å². The normalized spacial score (nSPS) is 13.7. The Kier molecular flexibility index (Phi) is 5.73. The molecule has 1 aromatic carbocycles. The maximum atomic E-state index is 13.5. The summed E-state index contributed by atoms with van der Waals surface area (Å²) in [6.45, 7) is 5.36. The first-order chi connectivity index (χ1) is 9.35. The Morgan fingerprint density at radius 3 is 2.60 bits per heavy atom. The van der Waals surface area contributed by atoms with Crippen molar-refractivity contribution in [3.05, 3.63) is 23.8 Å². The fraction of sp³-hybridized carbons (Fsp3) is 0.500. The number of ether oxygens (including phenoxy) is 1. The summed E-state index contributed by atoms with van der Waals surface area (Å²) < 4.78 is 31.9. The Hall–Kier alpha value is -1.85. The van der Waals surface area contributed by atoms with Crippen molar-refractivity contribution in [3.63, 3.8) is 0 Å². The molecule has 112 valence electrons. The molecule has 1 rings (SSSR count). The molecular weight excluding hydrogens is 266 g/mol. The minimum atomic E-state index is -0.924. The van der Waals surface area contributed by atoms with Crippen LogP contribution in [-0.2, 0) is 4.79 Å². The van der Waals surface area contributed by atoms with Crippen molar-refractivity contribution in [1.82, 2.24) is 5.32 Å². The first-order valence-electron chi connectivity index (χ1n) is 6.56. The van der Waals surface area contributed by atoms with Gasteiger partial charge in [-0.1, -0.05) is 13.3 Å². The third-order valence-electron chi connectivity index (χ3n) is 2.83. The lowest BCUT2D eigenvalue weighted by molar-refractivity contribution is -0.128. The SMILES string of the molecule is CCCC(C)NC(=O)C(C)Oc1cc(F)c(N)cc1F. The Labute approximate surface area is 117 Å². The van der Waals surface area contributed by atoms with Crippen LogP contribution >= 0.6 is 0 Å². The fourth-order valence-electron chi connectivity index (χ4n) is 1.74. The summed E-state index contributed by atoms with van der Waals surface area (Å²) in [5.74, 6) is -2.29. The number of hydrogen-bond acceptors (Lipinski definition) is 3. The van der Waals surface area contributed by atoms with Gasteiger partial charge in [0.25, 0.3) is 5.91 Å². The second-order valence-electron chi connectivity index (χ2n) is 4.76. The van der Waals surface area contributed by atoms with Crippen molar-refractivity contribution in [2.75, 3.05) is 5.73 Å². The average Bonchev–Trinajstić information content (AvgIpc) is 2.35. The molecular formula is C14H20F2N2O2. The van der Waals surface area contributed by atoms with Crippen molar-refractivity contribution in [2.24, 2.45) is 0 Å². The first-order valence-corrected chi connectivity index (χ1v) is 6.56. The number of nitrogens with one attached hydrogen (secondary N) is 1. The molecule has 3 N–H and O–H groups in total. The number of carbonyl (C=O) groups is 1. The molecule has 1 aromatic rings. The van der Waals surface area contributed by atoms with Gasteiger partial charge >= 0.3 is 0 Å². The average molecular weight is 286 g/mol. The van der Waals surface area contributed by atoms with Gasteiger partial charge in [0, 0.05) is 18.2 Å². The Morgan fingerprint density at radius 2 is 2.00 bits per heavy atom. The highest BCUT2D eigenvalue weighted by molar-refractivity contribution is 5.81. The summed E-state index contributed by atoms with van der Waals surface area (Å²) in [5.41, 5.74) is 4.93. The van der Waals surface area contributed by atoms with Gasteiger partial charge in [0.05, 0.1) is 5.69 Å². The third-order valence-corrected chi connectivity index (χ3v) is 2.83. The van der Waals surface area contributed by atoms with Crippen LogP contribution in [0.3, 0.4) is 0 Å². The Morgan fingerprint density at radius 1 is 1.35 bits per heavy atom. The van der Waals surface area contributed by atoms with E-state index in [0.29, 0.717) is 0 Å². The van der Waals surface area contributed by atoms with E-state index in [1.807, 2.05) is 13.8 Å². The number of benzene rings is 1. The highest BCUT2D eigenvalue weighted by Gasteiger charge is 2.19. The highest BCUT2D eigenvalue weighted by atomic mass is 19.1. The molecule has 6 heteroatoms. The largest absolute Gasteiger partial charge is 0.478 e. The van der Waals surface area contributed by atoms with Crippen molar-refractivity contribution in [1.29, 1.82) is 0 Å². The molecule has 1 amide bonds. The third kappa shape index (κ3) is 4.36.